The molecule has 1 unspecified atom stereocenters. The minimum atomic E-state index is -4.24. The maximum absolute atomic E-state index is 12.4. The van der Waals surface area contributed by atoms with Gasteiger partial charge in [-0.25, -0.2) is 4.57 Å². The summed E-state index contributed by atoms with van der Waals surface area (Å²) in [5.41, 5.74) is 0. The van der Waals surface area contributed by atoms with E-state index in [1.807, 2.05) is 0 Å². The van der Waals surface area contributed by atoms with Crippen LogP contribution in [0.4, 0.5) is 0 Å². The highest BCUT2D eigenvalue weighted by molar-refractivity contribution is 7.47. The number of esters is 2. The molecule has 45 heavy (non-hydrogen) atoms. The van der Waals surface area contributed by atoms with Crippen LogP contribution in [0.3, 0.4) is 0 Å². The normalized spacial score (nSPS) is 13.4. The van der Waals surface area contributed by atoms with Gasteiger partial charge in [0.25, 0.3) is 0 Å². The highest BCUT2D eigenvalue weighted by atomic mass is 31.2. The molecule has 0 aromatic carbocycles. The number of carbonyl (C=O) groups excluding carboxylic acids is 2. The summed E-state index contributed by atoms with van der Waals surface area (Å²) in [7, 11) is -3.18. The number of phosphoric acid groups is 1. The molecule has 0 aromatic heterocycles. The summed E-state index contributed by atoms with van der Waals surface area (Å²) in [6, 6.07) is 0. The number of phosphoric ester groups is 1. The van der Waals surface area contributed by atoms with Crippen LogP contribution < -0.4 is 0 Å². The van der Waals surface area contributed by atoms with Crippen molar-refractivity contribution in [1.29, 1.82) is 0 Å². The van der Waals surface area contributed by atoms with Crippen molar-refractivity contribution < 1.29 is 37.6 Å². The molecule has 2 atom stereocenters. The highest BCUT2D eigenvalue weighted by Gasteiger charge is 2.24. The fraction of sp³-hybridized carbons (Fsp3) is 0.944. The van der Waals surface area contributed by atoms with Gasteiger partial charge in [-0.1, -0.05) is 168 Å². The maximum Gasteiger partial charge on any atom is 0.472 e. The highest BCUT2D eigenvalue weighted by Crippen LogP contribution is 2.42. The summed E-state index contributed by atoms with van der Waals surface area (Å²) in [6.07, 6.45) is 31.5. The van der Waals surface area contributed by atoms with Gasteiger partial charge in [0.05, 0.1) is 6.61 Å². The standard InChI is InChI=1S/C36H71O8P/c1-4-6-8-10-12-14-16-18-20-22-24-26-28-30-35(37)42-32-34(33-43-45(39,40)41-3)44-36(38)31-29-27-25-23-21-19-17-15-13-11-9-7-5-2/h34H,4-33H2,1-3H3,(H,39,40)/t34-/m0/s1. The zero-order valence-corrected chi connectivity index (χ0v) is 30.4. The van der Waals surface area contributed by atoms with Gasteiger partial charge in [0.15, 0.2) is 6.10 Å². The number of rotatable bonds is 35. The van der Waals surface area contributed by atoms with E-state index < -0.39 is 26.5 Å². The molecule has 0 rings (SSSR count). The van der Waals surface area contributed by atoms with Crippen molar-refractivity contribution in [3.63, 3.8) is 0 Å². The average molecular weight is 663 g/mol. The Labute approximate surface area is 277 Å². The largest absolute Gasteiger partial charge is 0.472 e. The van der Waals surface area contributed by atoms with Crippen molar-refractivity contribution >= 4 is 19.8 Å². The number of unbranched alkanes of at least 4 members (excludes halogenated alkanes) is 24. The molecule has 8 nitrogen and oxygen atoms in total. The quantitative estimate of drug-likeness (QED) is 0.0406. The molecule has 0 aliphatic carbocycles. The molecule has 0 fully saturated rings. The predicted octanol–water partition coefficient (Wildman–Crippen LogP) is 11.2. The average Bonchev–Trinajstić information content (AvgIpc) is 3.03. The summed E-state index contributed by atoms with van der Waals surface area (Å²) in [4.78, 5) is 34.3. The van der Waals surface area contributed by atoms with E-state index >= 15 is 0 Å². The van der Waals surface area contributed by atoms with Crippen molar-refractivity contribution in [1.82, 2.24) is 0 Å². The first-order valence-electron chi connectivity index (χ1n) is 18.7. The molecule has 0 aliphatic rings. The molecular weight excluding hydrogens is 591 g/mol. The predicted molar refractivity (Wildman–Crippen MR) is 184 cm³/mol. The number of hydrogen-bond acceptors (Lipinski definition) is 7. The van der Waals surface area contributed by atoms with Gasteiger partial charge in [-0.15, -0.1) is 0 Å². The SMILES string of the molecule is CCCCCCCCCCCCCCCC(=O)OC[C@@H](COP(=O)(O)OC)OC(=O)CCCCCCCCCCCCCCC. The van der Waals surface area contributed by atoms with E-state index in [2.05, 4.69) is 18.4 Å². The molecule has 0 aliphatic heterocycles. The zero-order chi connectivity index (χ0) is 33.3. The summed E-state index contributed by atoms with van der Waals surface area (Å²) in [6.45, 7) is 3.89. The molecule has 0 amide bonds. The lowest BCUT2D eigenvalue weighted by Gasteiger charge is -2.19. The topological polar surface area (TPSA) is 108 Å². The van der Waals surface area contributed by atoms with E-state index in [9.17, 15) is 19.0 Å². The first-order valence-corrected chi connectivity index (χ1v) is 20.2. The minimum Gasteiger partial charge on any atom is -0.462 e. The Kier molecular flexibility index (Phi) is 32.3. The van der Waals surface area contributed by atoms with Crippen LogP contribution in [0.2, 0.25) is 0 Å². The van der Waals surface area contributed by atoms with Gasteiger partial charge in [0.2, 0.25) is 0 Å². The Bertz CT molecular complexity index is 717. The van der Waals surface area contributed by atoms with Crippen LogP contribution in [0.1, 0.15) is 194 Å². The summed E-state index contributed by atoms with van der Waals surface area (Å²) >= 11 is 0. The van der Waals surface area contributed by atoms with E-state index in [1.165, 1.54) is 128 Å². The first-order chi connectivity index (χ1) is 21.8. The lowest BCUT2D eigenvalue weighted by Crippen LogP contribution is -2.29. The second-order valence-corrected chi connectivity index (χ2v) is 14.3. The monoisotopic (exact) mass is 662 g/mol. The van der Waals surface area contributed by atoms with Gasteiger partial charge in [-0.2, -0.15) is 0 Å². The zero-order valence-electron chi connectivity index (χ0n) is 29.5. The number of ether oxygens (including phenoxy) is 2. The van der Waals surface area contributed by atoms with Crippen LogP contribution >= 0.6 is 7.82 Å². The van der Waals surface area contributed by atoms with Crippen LogP contribution in [0.15, 0.2) is 0 Å². The Hall–Kier alpha value is -0.950. The Morgan fingerprint density at radius 3 is 1.22 bits per heavy atom. The lowest BCUT2D eigenvalue weighted by molar-refractivity contribution is -0.161. The van der Waals surface area contributed by atoms with E-state index in [0.29, 0.717) is 6.42 Å². The van der Waals surface area contributed by atoms with Crippen molar-refractivity contribution in [2.24, 2.45) is 0 Å². The molecule has 0 radical (unpaired) electrons. The van der Waals surface area contributed by atoms with Gasteiger partial charge in [0, 0.05) is 20.0 Å². The van der Waals surface area contributed by atoms with Crippen LogP contribution in [0, 0.1) is 0 Å². The Balaban J connectivity index is 4.03. The second kappa shape index (κ2) is 33.0. The molecule has 0 saturated heterocycles. The first kappa shape index (κ1) is 44.0. The molecule has 1 N–H and O–H groups in total. The van der Waals surface area contributed by atoms with Gasteiger partial charge in [-0.3, -0.25) is 18.6 Å². The van der Waals surface area contributed by atoms with Crippen molar-refractivity contribution in [2.75, 3.05) is 20.3 Å². The van der Waals surface area contributed by atoms with Crippen molar-refractivity contribution in [3.8, 4) is 0 Å². The smallest absolute Gasteiger partial charge is 0.462 e. The second-order valence-electron chi connectivity index (χ2n) is 12.7. The summed E-state index contributed by atoms with van der Waals surface area (Å²) in [5.74, 6) is -0.793. The van der Waals surface area contributed by atoms with Crippen LogP contribution in [-0.4, -0.2) is 43.3 Å². The molecule has 0 spiro atoms. The van der Waals surface area contributed by atoms with Crippen LogP contribution in [-0.2, 0) is 32.7 Å². The molecule has 268 valence electrons. The molecule has 0 heterocycles. The molecule has 9 heteroatoms. The van der Waals surface area contributed by atoms with Crippen LogP contribution in [0.5, 0.6) is 0 Å². The minimum absolute atomic E-state index is 0.217. The third-order valence-corrected chi connectivity index (χ3v) is 9.29. The van der Waals surface area contributed by atoms with E-state index in [0.717, 1.165) is 45.6 Å². The number of hydrogen-bond donors (Lipinski definition) is 1. The van der Waals surface area contributed by atoms with Gasteiger partial charge >= 0.3 is 19.8 Å². The third kappa shape index (κ3) is 32.8. The number of carbonyl (C=O) groups is 2. The summed E-state index contributed by atoms with van der Waals surface area (Å²) in [5, 5.41) is 0. The Morgan fingerprint density at radius 1 is 0.533 bits per heavy atom. The lowest BCUT2D eigenvalue weighted by atomic mass is 10.0. The fourth-order valence-corrected chi connectivity index (χ4v) is 5.88. The van der Waals surface area contributed by atoms with Gasteiger partial charge in [0.1, 0.15) is 6.61 Å². The van der Waals surface area contributed by atoms with E-state index in [-0.39, 0.29) is 19.0 Å². The van der Waals surface area contributed by atoms with Gasteiger partial charge in [-0.05, 0) is 12.8 Å². The maximum atomic E-state index is 12.4. The summed E-state index contributed by atoms with van der Waals surface area (Å²) < 4.78 is 31.8. The molecule has 0 saturated carbocycles. The molecular formula is C36H71O8P. The van der Waals surface area contributed by atoms with Gasteiger partial charge < -0.3 is 14.4 Å². The molecule has 0 bridgehead atoms. The molecule has 0 aromatic rings. The van der Waals surface area contributed by atoms with E-state index in [1.54, 1.807) is 0 Å². The van der Waals surface area contributed by atoms with Crippen LogP contribution in [0.25, 0.3) is 0 Å². The van der Waals surface area contributed by atoms with Crippen molar-refractivity contribution in [3.05, 3.63) is 0 Å². The van der Waals surface area contributed by atoms with Crippen molar-refractivity contribution in [2.45, 2.75) is 200 Å². The Morgan fingerprint density at radius 2 is 0.867 bits per heavy atom. The fourth-order valence-electron chi connectivity index (χ4n) is 5.42. The van der Waals surface area contributed by atoms with E-state index in [4.69, 9.17) is 14.0 Å². The third-order valence-electron chi connectivity index (χ3n) is 8.35.